The lowest BCUT2D eigenvalue weighted by atomic mass is 9.84. The van der Waals surface area contributed by atoms with E-state index in [1.54, 1.807) is 18.2 Å². The second-order valence-corrected chi connectivity index (χ2v) is 10.4. The van der Waals surface area contributed by atoms with Gasteiger partial charge in [0.25, 0.3) is 5.91 Å². The number of hydrogen-bond donors (Lipinski definition) is 0. The molecule has 0 saturated heterocycles. The van der Waals surface area contributed by atoms with E-state index in [1.807, 2.05) is 4.90 Å². The Morgan fingerprint density at radius 1 is 1.03 bits per heavy atom. The second kappa shape index (κ2) is 10.4. The summed E-state index contributed by atoms with van der Waals surface area (Å²) < 4.78 is 51.7. The van der Waals surface area contributed by atoms with Gasteiger partial charge >= 0.3 is 6.18 Å². The Kier molecular flexibility index (Phi) is 7.20. The number of benzene rings is 2. The van der Waals surface area contributed by atoms with Crippen LogP contribution in [0.3, 0.4) is 0 Å². The quantitative estimate of drug-likeness (QED) is 0.421. The first-order valence-electron chi connectivity index (χ1n) is 12.3. The van der Waals surface area contributed by atoms with Gasteiger partial charge in [0.15, 0.2) is 16.7 Å². The van der Waals surface area contributed by atoms with Crippen molar-refractivity contribution in [1.82, 2.24) is 4.90 Å². The molecule has 10 heteroatoms. The predicted octanol–water partition coefficient (Wildman–Crippen LogP) is 6.58. The lowest BCUT2D eigenvalue weighted by Gasteiger charge is -2.34. The number of ether oxygens (including phenoxy) is 2. The number of hydrogen-bond acceptors (Lipinski definition) is 6. The highest BCUT2D eigenvalue weighted by molar-refractivity contribution is 8.13. The second-order valence-electron chi connectivity index (χ2n) is 9.46. The summed E-state index contributed by atoms with van der Waals surface area (Å²) >= 11 is 1.18. The summed E-state index contributed by atoms with van der Waals surface area (Å²) in [7, 11) is 3.05. The van der Waals surface area contributed by atoms with Gasteiger partial charge in [0.1, 0.15) is 11.9 Å². The van der Waals surface area contributed by atoms with Gasteiger partial charge in [-0.25, -0.2) is 4.99 Å². The molecule has 5 rings (SSSR count). The van der Waals surface area contributed by atoms with Crippen LogP contribution in [-0.2, 0) is 16.7 Å². The number of amidine groups is 2. The fraction of sp³-hybridized carbons (Fsp3) is 0.444. The molecule has 2 aromatic rings. The van der Waals surface area contributed by atoms with Crippen LogP contribution in [0.15, 0.2) is 46.4 Å². The van der Waals surface area contributed by atoms with E-state index in [0.29, 0.717) is 46.1 Å². The van der Waals surface area contributed by atoms with Crippen LogP contribution in [0.4, 0.5) is 18.9 Å². The average Bonchev–Trinajstić information content (AvgIpc) is 3.22. The topological polar surface area (TPSA) is 63.5 Å². The molecule has 0 unspecified atom stereocenters. The summed E-state index contributed by atoms with van der Waals surface area (Å²) in [5.74, 6) is 1.62. The maximum atomic E-state index is 13.6. The third kappa shape index (κ3) is 5.08. The summed E-state index contributed by atoms with van der Waals surface area (Å²) in [6, 6.07) is 8.47. The van der Waals surface area contributed by atoms with Crippen LogP contribution in [0.2, 0.25) is 0 Å². The molecule has 6 nitrogen and oxygen atoms in total. The van der Waals surface area contributed by atoms with E-state index in [4.69, 9.17) is 14.5 Å². The maximum Gasteiger partial charge on any atom is 0.416 e. The van der Waals surface area contributed by atoms with Crippen molar-refractivity contribution in [3.8, 4) is 11.5 Å². The molecular weight excluding hydrogens is 503 g/mol. The molecule has 1 atom stereocenters. The predicted molar refractivity (Wildman–Crippen MR) is 138 cm³/mol. The van der Waals surface area contributed by atoms with Gasteiger partial charge in [-0.1, -0.05) is 62.1 Å². The molecule has 0 spiro atoms. The Hall–Kier alpha value is -3.01. The highest BCUT2D eigenvalue weighted by Gasteiger charge is 2.43. The van der Waals surface area contributed by atoms with Crippen LogP contribution in [0.25, 0.3) is 0 Å². The molecule has 37 heavy (non-hydrogen) atoms. The maximum absolute atomic E-state index is 13.6. The molecule has 2 heterocycles. The number of thioether (sulfide) groups is 1. The molecule has 2 aromatic carbocycles. The third-order valence-electron chi connectivity index (χ3n) is 7.17. The number of fused-ring (bicyclic) bond motifs is 3. The van der Waals surface area contributed by atoms with Crippen LogP contribution < -0.4 is 9.47 Å². The van der Waals surface area contributed by atoms with Crippen LogP contribution in [-0.4, -0.2) is 42.1 Å². The zero-order chi connectivity index (χ0) is 26.2. The Morgan fingerprint density at radius 3 is 2.43 bits per heavy atom. The largest absolute Gasteiger partial charge is 0.493 e. The minimum atomic E-state index is -4.46. The molecule has 1 aliphatic carbocycles. The van der Waals surface area contributed by atoms with Crippen LogP contribution >= 0.6 is 11.8 Å². The van der Waals surface area contributed by atoms with Gasteiger partial charge in [0.05, 0.1) is 25.5 Å². The monoisotopic (exact) mass is 531 g/mol. The number of carbonyl (C=O) groups excluding carboxylic acids is 1. The minimum absolute atomic E-state index is 0.0469. The van der Waals surface area contributed by atoms with Gasteiger partial charge in [-0.2, -0.15) is 18.2 Å². The molecule has 3 aliphatic rings. The van der Waals surface area contributed by atoms with E-state index < -0.39 is 17.8 Å². The average molecular weight is 532 g/mol. The smallest absolute Gasteiger partial charge is 0.416 e. The van der Waals surface area contributed by atoms with Crippen molar-refractivity contribution in [3.63, 3.8) is 0 Å². The normalized spacial score (nSPS) is 19.8. The van der Waals surface area contributed by atoms with Crippen molar-refractivity contribution in [2.45, 2.75) is 56.5 Å². The highest BCUT2D eigenvalue weighted by Crippen LogP contribution is 2.43. The van der Waals surface area contributed by atoms with E-state index in [0.717, 1.165) is 31.7 Å². The fourth-order valence-corrected chi connectivity index (χ4v) is 6.37. The number of amides is 1. The van der Waals surface area contributed by atoms with Crippen LogP contribution in [0.5, 0.6) is 11.5 Å². The van der Waals surface area contributed by atoms with Gasteiger partial charge in [0.2, 0.25) is 0 Å². The number of methoxy groups -OCH3 is 2. The lowest BCUT2D eigenvalue weighted by molar-refractivity contribution is -0.138. The number of nitrogens with zero attached hydrogens (tertiary/aromatic N) is 3. The van der Waals surface area contributed by atoms with E-state index >= 15 is 0 Å². The van der Waals surface area contributed by atoms with Crippen LogP contribution in [0.1, 0.15) is 55.2 Å². The van der Waals surface area contributed by atoms with Crippen LogP contribution in [0, 0.1) is 5.92 Å². The molecule has 196 valence electrons. The summed E-state index contributed by atoms with van der Waals surface area (Å²) in [6.45, 7) is 0. The van der Waals surface area contributed by atoms with E-state index in [9.17, 15) is 18.0 Å². The molecule has 2 aliphatic heterocycles. The third-order valence-corrected chi connectivity index (χ3v) is 8.17. The number of carbonyl (C=O) groups is 1. The van der Waals surface area contributed by atoms with Crippen molar-refractivity contribution < 1.29 is 27.4 Å². The molecule has 0 N–H and O–H groups in total. The first-order valence-corrected chi connectivity index (χ1v) is 13.3. The summed E-state index contributed by atoms with van der Waals surface area (Å²) in [5, 5.41) is 0.460. The molecule has 1 amide bonds. The van der Waals surface area contributed by atoms with Gasteiger partial charge in [-0.15, -0.1) is 0 Å². The fourth-order valence-electron chi connectivity index (χ4n) is 5.31. The van der Waals surface area contributed by atoms with E-state index in [1.165, 1.54) is 44.5 Å². The number of alkyl halides is 3. The molecule has 0 radical (unpaired) electrons. The standard InChI is InChI=1S/C27H28F3N3O3S/c1-35-22-13-18-20(14-23(22)36-2)31-26(37-15-17-10-6-7-11-19(17)27(28,29)30)33-21(25(34)32-24(18)33)12-16-8-4-3-5-9-16/h6-7,10-11,13-14,16,21H,3-5,8-9,12,15H2,1-2H3/t21-/m1/s1. The van der Waals surface area contributed by atoms with Gasteiger partial charge < -0.3 is 9.47 Å². The first kappa shape index (κ1) is 25.6. The number of halogens is 3. The zero-order valence-corrected chi connectivity index (χ0v) is 21.5. The Labute approximate surface area is 218 Å². The minimum Gasteiger partial charge on any atom is -0.493 e. The lowest BCUT2D eigenvalue weighted by Crippen LogP contribution is -2.44. The molecule has 1 fully saturated rings. The summed E-state index contributed by atoms with van der Waals surface area (Å²) in [6.07, 6.45) is 1.80. The SMILES string of the molecule is COc1cc2c(cc1OC)C1=NC(=O)[C@@H](CC3CCCCC3)N1C(SCc1ccccc1C(F)(F)F)=N2. The van der Waals surface area contributed by atoms with Crippen molar-refractivity contribution in [1.29, 1.82) is 0 Å². The highest BCUT2D eigenvalue weighted by atomic mass is 32.2. The van der Waals surface area contributed by atoms with E-state index in [-0.39, 0.29) is 17.2 Å². The van der Waals surface area contributed by atoms with E-state index in [2.05, 4.69) is 4.99 Å². The van der Waals surface area contributed by atoms with Gasteiger partial charge in [-0.05, 0) is 30.0 Å². The molecule has 0 aromatic heterocycles. The van der Waals surface area contributed by atoms with Gasteiger partial charge in [-0.3, -0.25) is 9.69 Å². The number of rotatable bonds is 6. The number of aliphatic imine (C=N–C) groups is 2. The molecular formula is C27H28F3N3O3S. The molecule has 1 saturated carbocycles. The Balaban J connectivity index is 1.52. The Bertz CT molecular complexity index is 1260. The first-order chi connectivity index (χ1) is 17.8. The van der Waals surface area contributed by atoms with Crippen molar-refractivity contribution >= 4 is 34.4 Å². The Morgan fingerprint density at radius 2 is 1.73 bits per heavy atom. The van der Waals surface area contributed by atoms with Crippen molar-refractivity contribution in [3.05, 3.63) is 53.1 Å². The summed E-state index contributed by atoms with van der Waals surface area (Å²) in [4.78, 5) is 24.3. The van der Waals surface area contributed by atoms with Crippen molar-refractivity contribution in [2.75, 3.05) is 14.2 Å². The zero-order valence-electron chi connectivity index (χ0n) is 20.7. The van der Waals surface area contributed by atoms with Gasteiger partial charge in [0, 0.05) is 17.4 Å². The molecule has 0 bridgehead atoms. The van der Waals surface area contributed by atoms with Crippen molar-refractivity contribution in [2.24, 2.45) is 15.9 Å². The summed E-state index contributed by atoms with van der Waals surface area (Å²) in [5.41, 5.74) is 0.659.